The fourth-order valence-electron chi connectivity index (χ4n) is 2.15. The van der Waals surface area contributed by atoms with Crippen molar-refractivity contribution >= 4 is 29.2 Å². The first kappa shape index (κ1) is 13.9. The molecule has 19 heavy (non-hydrogen) atoms. The minimum atomic E-state index is -0.563. The third kappa shape index (κ3) is 3.25. The van der Waals surface area contributed by atoms with Crippen molar-refractivity contribution in [2.45, 2.75) is 24.5 Å². The van der Waals surface area contributed by atoms with Crippen LogP contribution in [0.4, 0.5) is 17.5 Å². The predicted octanol–water partition coefficient (Wildman–Crippen LogP) is 1.69. The lowest BCUT2D eigenvalue weighted by Gasteiger charge is -2.23. The van der Waals surface area contributed by atoms with Gasteiger partial charge in [-0.25, -0.2) is 4.98 Å². The topological polar surface area (TPSA) is 98.2 Å². The molecule has 1 aromatic heterocycles. The number of hydrogen-bond acceptors (Lipinski definition) is 7. The van der Waals surface area contributed by atoms with Crippen LogP contribution in [-0.4, -0.2) is 39.5 Å². The highest BCUT2D eigenvalue weighted by Gasteiger charge is 2.22. The molecule has 1 aromatic rings. The largest absolute Gasteiger partial charge is 0.378 e. The van der Waals surface area contributed by atoms with Gasteiger partial charge in [0, 0.05) is 18.3 Å². The van der Waals surface area contributed by atoms with Crippen molar-refractivity contribution in [3.8, 4) is 0 Å². The minimum absolute atomic E-state index is 0.0695. The van der Waals surface area contributed by atoms with Gasteiger partial charge < -0.3 is 10.6 Å². The monoisotopic (exact) mass is 283 g/mol. The maximum absolute atomic E-state index is 10.7. The number of nitrogens with zero attached hydrogens (tertiary/aromatic N) is 4. The van der Waals surface area contributed by atoms with Crippen LogP contribution in [0.5, 0.6) is 0 Å². The van der Waals surface area contributed by atoms with Gasteiger partial charge in [-0.3, -0.25) is 10.1 Å². The summed E-state index contributed by atoms with van der Waals surface area (Å²) in [5, 5.41) is 11.2. The number of hydrogen-bond donors (Lipinski definition) is 1. The summed E-state index contributed by atoms with van der Waals surface area (Å²) in [6, 6.07) is 0. The van der Waals surface area contributed by atoms with E-state index < -0.39 is 4.92 Å². The van der Waals surface area contributed by atoms with E-state index in [9.17, 15) is 10.1 Å². The molecule has 0 radical (unpaired) electrons. The predicted molar refractivity (Wildman–Crippen MR) is 76.5 cm³/mol. The lowest BCUT2D eigenvalue weighted by molar-refractivity contribution is -0.384. The van der Waals surface area contributed by atoms with Crippen LogP contribution >= 0.6 is 11.8 Å². The summed E-state index contributed by atoms with van der Waals surface area (Å²) in [6.07, 6.45) is 6.73. The quantitative estimate of drug-likeness (QED) is 0.665. The van der Waals surface area contributed by atoms with E-state index >= 15 is 0 Å². The highest BCUT2D eigenvalue weighted by atomic mass is 32.2. The Morgan fingerprint density at radius 3 is 3.00 bits per heavy atom. The first-order chi connectivity index (χ1) is 9.11. The molecule has 0 saturated carbocycles. The molecular formula is C11H17N5O2S. The van der Waals surface area contributed by atoms with E-state index in [0.717, 1.165) is 19.5 Å². The van der Waals surface area contributed by atoms with E-state index in [-0.39, 0.29) is 11.5 Å². The van der Waals surface area contributed by atoms with Crippen LogP contribution in [0.1, 0.15) is 19.3 Å². The summed E-state index contributed by atoms with van der Waals surface area (Å²) < 4.78 is 0. The van der Waals surface area contributed by atoms with Crippen molar-refractivity contribution in [3.05, 3.63) is 16.3 Å². The molecule has 1 unspecified atom stereocenters. The van der Waals surface area contributed by atoms with Gasteiger partial charge in [0.05, 0.1) is 4.92 Å². The summed E-state index contributed by atoms with van der Waals surface area (Å²) in [5.74, 6) is 0.420. The van der Waals surface area contributed by atoms with E-state index in [1.165, 1.54) is 19.0 Å². The molecule has 2 rings (SSSR count). The molecule has 1 aliphatic heterocycles. The highest BCUT2D eigenvalue weighted by molar-refractivity contribution is 7.99. The fraction of sp³-hybridized carbons (Fsp3) is 0.636. The molecule has 1 saturated heterocycles. The number of nitrogen functional groups attached to an aromatic ring is 1. The second-order valence-electron chi connectivity index (χ2n) is 4.50. The van der Waals surface area contributed by atoms with Crippen LogP contribution in [0.3, 0.4) is 0 Å². The Balaban J connectivity index is 2.20. The summed E-state index contributed by atoms with van der Waals surface area (Å²) in [7, 11) is 0. The smallest absolute Gasteiger partial charge is 0.329 e. The summed E-state index contributed by atoms with van der Waals surface area (Å²) >= 11 is 1.83. The summed E-state index contributed by atoms with van der Waals surface area (Å²) in [4.78, 5) is 20.3. The minimum Gasteiger partial charge on any atom is -0.378 e. The van der Waals surface area contributed by atoms with Crippen LogP contribution in [0.25, 0.3) is 0 Å². The van der Waals surface area contributed by atoms with Crippen molar-refractivity contribution in [1.82, 2.24) is 9.97 Å². The third-order valence-corrected chi connectivity index (χ3v) is 4.28. The van der Waals surface area contributed by atoms with Gasteiger partial charge in [0.2, 0.25) is 11.8 Å². The first-order valence-electron chi connectivity index (χ1n) is 6.16. The molecule has 0 amide bonds. The van der Waals surface area contributed by atoms with Gasteiger partial charge in [0.1, 0.15) is 6.20 Å². The zero-order valence-electron chi connectivity index (χ0n) is 10.8. The van der Waals surface area contributed by atoms with Gasteiger partial charge in [-0.15, -0.1) is 0 Å². The molecule has 0 bridgehead atoms. The average Bonchev–Trinajstić information content (AvgIpc) is 2.63. The van der Waals surface area contributed by atoms with E-state index in [0.29, 0.717) is 11.2 Å². The molecular weight excluding hydrogens is 266 g/mol. The zero-order valence-corrected chi connectivity index (χ0v) is 11.6. The highest BCUT2D eigenvalue weighted by Crippen LogP contribution is 2.25. The van der Waals surface area contributed by atoms with Crippen molar-refractivity contribution in [2.24, 2.45) is 0 Å². The second kappa shape index (κ2) is 6.05. The van der Waals surface area contributed by atoms with Crippen LogP contribution < -0.4 is 10.6 Å². The Morgan fingerprint density at radius 2 is 2.37 bits per heavy atom. The Labute approximate surface area is 115 Å². The maximum Gasteiger partial charge on any atom is 0.329 e. The van der Waals surface area contributed by atoms with Crippen molar-refractivity contribution in [3.63, 3.8) is 0 Å². The second-order valence-corrected chi connectivity index (χ2v) is 5.64. The van der Waals surface area contributed by atoms with Gasteiger partial charge in [-0.1, -0.05) is 6.42 Å². The van der Waals surface area contributed by atoms with Crippen molar-refractivity contribution in [2.75, 3.05) is 30.0 Å². The Kier molecular flexibility index (Phi) is 4.41. The number of thioether (sulfide) groups is 1. The van der Waals surface area contributed by atoms with Gasteiger partial charge in [-0.2, -0.15) is 16.7 Å². The number of anilines is 2. The summed E-state index contributed by atoms with van der Waals surface area (Å²) in [5.41, 5.74) is 5.37. The molecule has 8 heteroatoms. The van der Waals surface area contributed by atoms with Crippen LogP contribution in [0.15, 0.2) is 6.20 Å². The van der Waals surface area contributed by atoms with E-state index in [1.807, 2.05) is 11.8 Å². The molecule has 104 valence electrons. The molecule has 2 heterocycles. The SMILES string of the molecule is CSC1CCCCN(c2ncc([N+](=O)[O-])c(N)n2)C1. The van der Waals surface area contributed by atoms with Crippen LogP contribution in [0.2, 0.25) is 0 Å². The maximum atomic E-state index is 10.7. The van der Waals surface area contributed by atoms with Gasteiger partial charge in [0.25, 0.3) is 0 Å². The molecule has 0 spiro atoms. The van der Waals surface area contributed by atoms with Crippen molar-refractivity contribution < 1.29 is 4.92 Å². The van der Waals surface area contributed by atoms with Crippen LogP contribution in [0, 0.1) is 10.1 Å². The molecule has 0 aromatic carbocycles. The van der Waals surface area contributed by atoms with Gasteiger partial charge in [0.15, 0.2) is 0 Å². The van der Waals surface area contributed by atoms with Crippen molar-refractivity contribution in [1.29, 1.82) is 0 Å². The third-order valence-electron chi connectivity index (χ3n) is 3.23. The standard InChI is InChI=1S/C11H17N5O2S/c1-19-8-4-2-3-5-15(7-8)11-13-6-9(16(17)18)10(12)14-11/h6,8H,2-5,7H2,1H3,(H2,12,13,14). The lowest BCUT2D eigenvalue weighted by Crippen LogP contribution is -2.31. The molecule has 7 nitrogen and oxygen atoms in total. The molecule has 1 fully saturated rings. The van der Waals surface area contributed by atoms with Crippen LogP contribution in [-0.2, 0) is 0 Å². The Morgan fingerprint density at radius 1 is 1.58 bits per heavy atom. The zero-order chi connectivity index (χ0) is 13.8. The van der Waals surface area contributed by atoms with Gasteiger partial charge in [-0.05, 0) is 19.1 Å². The average molecular weight is 283 g/mol. The molecule has 1 aliphatic rings. The summed E-state index contributed by atoms with van der Waals surface area (Å²) in [6.45, 7) is 1.73. The first-order valence-corrected chi connectivity index (χ1v) is 7.45. The Hall–Kier alpha value is -1.57. The number of aromatic nitrogens is 2. The normalized spacial score (nSPS) is 20.1. The van der Waals surface area contributed by atoms with E-state index in [2.05, 4.69) is 21.1 Å². The van der Waals surface area contributed by atoms with E-state index in [1.54, 1.807) is 0 Å². The number of rotatable bonds is 3. The molecule has 0 aliphatic carbocycles. The van der Waals surface area contributed by atoms with E-state index in [4.69, 9.17) is 5.73 Å². The molecule has 1 atom stereocenters. The lowest BCUT2D eigenvalue weighted by atomic mass is 10.2. The number of nitrogens with two attached hydrogens (primary N) is 1. The Bertz CT molecular complexity index is 470. The number of nitro groups is 1. The molecule has 2 N–H and O–H groups in total. The van der Waals surface area contributed by atoms with Gasteiger partial charge >= 0.3 is 5.69 Å². The fourth-order valence-corrected chi connectivity index (χ4v) is 2.88.